The first-order valence-corrected chi connectivity index (χ1v) is 14.3. The Labute approximate surface area is 287 Å². The van der Waals surface area contributed by atoms with Gasteiger partial charge in [-0.05, 0) is 12.0 Å². The van der Waals surface area contributed by atoms with Gasteiger partial charge in [-0.3, -0.25) is 0 Å². The van der Waals surface area contributed by atoms with Gasteiger partial charge in [0.15, 0.2) is 116 Å². The van der Waals surface area contributed by atoms with Crippen LogP contribution in [0.4, 0.5) is 87.8 Å². The van der Waals surface area contributed by atoms with Crippen molar-refractivity contribution in [1.82, 2.24) is 0 Å². The van der Waals surface area contributed by atoms with Crippen LogP contribution in [0.2, 0.25) is 5.72 Å². The van der Waals surface area contributed by atoms with E-state index in [0.29, 0.717) is 0 Å². The van der Waals surface area contributed by atoms with Crippen LogP contribution in [0.25, 0.3) is 0 Å². The first-order valence-electron chi connectivity index (χ1n) is 14.3. The van der Waals surface area contributed by atoms with Gasteiger partial charge in [0.25, 0.3) is 0 Å². The van der Waals surface area contributed by atoms with Crippen molar-refractivity contribution in [3.63, 3.8) is 0 Å². The average Bonchev–Trinajstić information content (AvgIpc) is 3.16. The van der Waals surface area contributed by atoms with Gasteiger partial charge in [-0.25, -0.2) is 87.8 Å². The molecule has 22 heteroatoms. The fourth-order valence-corrected chi connectivity index (χ4v) is 6.04. The van der Waals surface area contributed by atoms with E-state index >= 15 is 35.1 Å². The van der Waals surface area contributed by atoms with Gasteiger partial charge in [0, 0.05) is 21.9 Å². The lowest BCUT2D eigenvalue weighted by atomic mass is 9.14. The molecular formula is C32H8B2F20. The fraction of sp³-hybridized carbons (Fsp3) is 0.0625. The Bertz CT molecular complexity index is 1950. The van der Waals surface area contributed by atoms with Gasteiger partial charge >= 0.3 is 0 Å². The van der Waals surface area contributed by atoms with E-state index in [1.807, 2.05) is 0 Å². The minimum absolute atomic E-state index is 0.613. The molecule has 54 heavy (non-hydrogen) atoms. The van der Waals surface area contributed by atoms with E-state index in [2.05, 4.69) is 0 Å². The third kappa shape index (κ3) is 6.11. The molecule has 282 valence electrons. The van der Waals surface area contributed by atoms with Gasteiger partial charge in [-0.15, -0.1) is 0 Å². The van der Waals surface area contributed by atoms with Crippen LogP contribution in [-0.2, 0) is 6.42 Å². The number of hydrogen-bond donors (Lipinski definition) is 0. The molecule has 0 fully saturated rings. The van der Waals surface area contributed by atoms with Crippen molar-refractivity contribution in [2.75, 3.05) is 0 Å². The Kier molecular flexibility index (Phi) is 10.8. The zero-order valence-electron chi connectivity index (χ0n) is 25.4. The highest BCUT2D eigenvalue weighted by Crippen LogP contribution is 2.32. The molecule has 0 bridgehead atoms. The molecule has 0 radical (unpaired) electrons. The minimum atomic E-state index is -3.98. The van der Waals surface area contributed by atoms with Crippen molar-refractivity contribution >= 4 is 35.3 Å². The Morgan fingerprint density at radius 1 is 0.278 bits per heavy atom. The van der Waals surface area contributed by atoms with E-state index in [-0.39, 0.29) is 0 Å². The average molecular weight is 794 g/mol. The van der Waals surface area contributed by atoms with E-state index in [4.69, 9.17) is 0 Å². The van der Waals surface area contributed by atoms with Crippen LogP contribution in [0, 0.1) is 116 Å². The van der Waals surface area contributed by atoms with Crippen LogP contribution in [0.15, 0.2) is 30.3 Å². The zero-order valence-corrected chi connectivity index (χ0v) is 25.4. The summed E-state index contributed by atoms with van der Waals surface area (Å²) in [4.78, 5) is 0. The summed E-state index contributed by atoms with van der Waals surface area (Å²) in [6.45, 7) is -7.95. The van der Waals surface area contributed by atoms with Crippen molar-refractivity contribution in [2.24, 2.45) is 0 Å². The van der Waals surface area contributed by atoms with Crippen molar-refractivity contribution in [3.05, 3.63) is 152 Å². The maximum Gasteiger partial charge on any atom is 0.222 e. The summed E-state index contributed by atoms with van der Waals surface area (Å²) < 4.78 is 300. The second-order valence-electron chi connectivity index (χ2n) is 11.2. The summed E-state index contributed by atoms with van der Waals surface area (Å²) in [5.74, 6) is -62.8. The second-order valence-corrected chi connectivity index (χ2v) is 11.2. The number of rotatable bonds is 8. The van der Waals surface area contributed by atoms with Crippen LogP contribution >= 0.6 is 0 Å². The van der Waals surface area contributed by atoms with Gasteiger partial charge in [0.05, 0.1) is 0 Å². The van der Waals surface area contributed by atoms with Gasteiger partial charge < -0.3 is 0 Å². The summed E-state index contributed by atoms with van der Waals surface area (Å²) in [6, 6.07) is 4.69. The van der Waals surface area contributed by atoms with Gasteiger partial charge in [0.2, 0.25) is 13.4 Å². The summed E-state index contributed by atoms with van der Waals surface area (Å²) in [6.07, 6.45) is -1.71. The Morgan fingerprint density at radius 2 is 0.463 bits per heavy atom. The summed E-state index contributed by atoms with van der Waals surface area (Å²) >= 11 is 0. The summed E-state index contributed by atoms with van der Waals surface area (Å²) in [5, 5.41) is 0. The van der Waals surface area contributed by atoms with E-state index in [1.165, 1.54) is 0 Å². The molecule has 0 amide bonds. The molecule has 0 aliphatic rings. The molecule has 0 atom stereocenters. The van der Waals surface area contributed by atoms with Gasteiger partial charge in [-0.2, -0.15) is 0 Å². The fourth-order valence-electron chi connectivity index (χ4n) is 6.04. The second kappa shape index (κ2) is 14.6. The highest BCUT2D eigenvalue weighted by molar-refractivity contribution is 7.02. The first-order chi connectivity index (χ1) is 25.2. The Morgan fingerprint density at radius 3 is 0.667 bits per heavy atom. The standard InChI is InChI=1S/C32H8B2F20/c35-13-9(14(36)22(44)29(51)21(13)43)33(10-15(37)23(45)30(52)24(46)16(10)38)8(6-7-4-2-1-3-5-7)34(11-17(39)25(47)31(53)26(48)18(11)40)12-19(41)27(49)32(54)28(50)20(12)42/h1-5,8H,6H2. The van der Waals surface area contributed by atoms with E-state index in [1.54, 1.807) is 0 Å². The molecule has 0 aromatic heterocycles. The van der Waals surface area contributed by atoms with Gasteiger partial charge in [-0.1, -0.05) is 36.0 Å². The molecule has 0 nitrogen and oxygen atoms in total. The maximum atomic E-state index is 15.7. The van der Waals surface area contributed by atoms with Crippen LogP contribution < -0.4 is 21.9 Å². The van der Waals surface area contributed by atoms with Crippen molar-refractivity contribution in [1.29, 1.82) is 0 Å². The lowest BCUT2D eigenvalue weighted by Gasteiger charge is -2.33. The van der Waals surface area contributed by atoms with Crippen LogP contribution in [-0.4, -0.2) is 13.4 Å². The SMILES string of the molecule is Fc1c(F)c(F)c(B(c2c(F)c(F)c(F)c(F)c2F)C(Cc2ccccc2)B(c2c(F)c(F)c(F)c(F)c2F)c2c(F)c(F)c(F)c(F)c2F)c(F)c1F. The predicted molar refractivity (Wildman–Crippen MR) is 149 cm³/mol. The Hall–Kier alpha value is -5.17. The lowest BCUT2D eigenvalue weighted by molar-refractivity contribution is 0.381. The van der Waals surface area contributed by atoms with Crippen molar-refractivity contribution < 1.29 is 87.8 Å². The van der Waals surface area contributed by atoms with Crippen LogP contribution in [0.1, 0.15) is 5.56 Å². The molecular weight excluding hydrogens is 786 g/mol. The molecule has 5 rings (SSSR count). The third-order valence-electron chi connectivity index (χ3n) is 8.39. The molecule has 0 saturated carbocycles. The molecule has 0 aliphatic carbocycles. The van der Waals surface area contributed by atoms with E-state index in [9.17, 15) is 52.7 Å². The monoisotopic (exact) mass is 794 g/mol. The summed E-state index contributed by atoms with van der Waals surface area (Å²) in [5.41, 5.74) is -15.0. The Balaban J connectivity index is 2.15. The van der Waals surface area contributed by atoms with Crippen molar-refractivity contribution in [2.45, 2.75) is 12.1 Å². The topological polar surface area (TPSA) is 0 Å². The first kappa shape index (κ1) is 40.0. The van der Waals surface area contributed by atoms with Crippen LogP contribution in [0.3, 0.4) is 0 Å². The molecule has 5 aromatic rings. The van der Waals surface area contributed by atoms with Crippen molar-refractivity contribution in [3.8, 4) is 0 Å². The smallest absolute Gasteiger partial charge is 0.204 e. The quantitative estimate of drug-likeness (QED) is 0.0660. The summed E-state index contributed by atoms with van der Waals surface area (Å²) in [7, 11) is 0. The normalized spacial score (nSPS) is 11.6. The third-order valence-corrected chi connectivity index (χ3v) is 8.39. The predicted octanol–water partition coefficient (Wildman–Crippen LogP) is 7.54. The highest BCUT2D eigenvalue weighted by atomic mass is 19.2. The van der Waals surface area contributed by atoms with E-state index < -0.39 is 169 Å². The largest absolute Gasteiger partial charge is 0.222 e. The zero-order chi connectivity index (χ0) is 40.4. The molecule has 0 N–H and O–H groups in total. The number of benzene rings is 5. The number of hydrogen-bond acceptors (Lipinski definition) is 0. The molecule has 0 heterocycles. The van der Waals surface area contributed by atoms with Crippen LogP contribution in [0.5, 0.6) is 0 Å². The lowest BCUT2D eigenvalue weighted by Crippen LogP contribution is -2.64. The molecule has 5 aromatic carbocycles. The molecule has 0 saturated heterocycles. The van der Waals surface area contributed by atoms with Gasteiger partial charge in [0.1, 0.15) is 0 Å². The molecule has 0 unspecified atom stereocenters. The molecule has 0 aliphatic heterocycles. The minimum Gasteiger partial charge on any atom is -0.204 e. The highest BCUT2D eigenvalue weighted by Gasteiger charge is 2.52. The number of halogens is 20. The van der Waals surface area contributed by atoms with E-state index in [0.717, 1.165) is 30.3 Å². The molecule has 0 spiro atoms. The maximum absolute atomic E-state index is 15.7.